The molecular formula is C23H16N8O. The lowest BCUT2D eigenvalue weighted by molar-refractivity contribution is 0.102. The van der Waals surface area contributed by atoms with Gasteiger partial charge in [0.15, 0.2) is 5.69 Å². The zero-order valence-electron chi connectivity index (χ0n) is 16.7. The van der Waals surface area contributed by atoms with Gasteiger partial charge in [-0.15, -0.1) is 0 Å². The smallest absolute Gasteiger partial charge is 0.276 e. The predicted octanol–water partition coefficient (Wildman–Crippen LogP) is 3.39. The van der Waals surface area contributed by atoms with E-state index in [-0.39, 0.29) is 5.91 Å². The second-order valence-corrected chi connectivity index (χ2v) is 7.15. The van der Waals surface area contributed by atoms with Gasteiger partial charge in [0.05, 0.1) is 35.6 Å². The quantitative estimate of drug-likeness (QED) is 0.449. The number of rotatable bonds is 5. The van der Waals surface area contributed by atoms with E-state index >= 15 is 0 Å². The summed E-state index contributed by atoms with van der Waals surface area (Å²) in [7, 11) is 0. The van der Waals surface area contributed by atoms with Crippen molar-refractivity contribution in [3.05, 3.63) is 90.4 Å². The van der Waals surface area contributed by atoms with Crippen molar-refractivity contribution in [2.24, 2.45) is 0 Å². The molecule has 9 heteroatoms. The SMILES string of the molecule is N#Cc1cccc(Cn2cc(NC(=O)c3n[nH]c4cc(-c5cncnc5)ccc34)cn2)c1. The largest absolute Gasteiger partial charge is 0.318 e. The lowest BCUT2D eigenvalue weighted by Gasteiger charge is -2.03. The van der Waals surface area contributed by atoms with E-state index < -0.39 is 0 Å². The highest BCUT2D eigenvalue weighted by atomic mass is 16.2. The number of anilines is 1. The molecule has 2 aromatic carbocycles. The van der Waals surface area contributed by atoms with E-state index in [1.807, 2.05) is 36.4 Å². The van der Waals surface area contributed by atoms with E-state index in [4.69, 9.17) is 5.26 Å². The summed E-state index contributed by atoms with van der Waals surface area (Å²) in [5.74, 6) is -0.335. The van der Waals surface area contributed by atoms with Crippen molar-refractivity contribution in [2.45, 2.75) is 6.54 Å². The summed E-state index contributed by atoms with van der Waals surface area (Å²) in [6.07, 6.45) is 8.25. The van der Waals surface area contributed by atoms with Crippen molar-refractivity contribution >= 4 is 22.5 Å². The van der Waals surface area contributed by atoms with Crippen molar-refractivity contribution in [1.82, 2.24) is 29.9 Å². The molecule has 0 aliphatic carbocycles. The minimum absolute atomic E-state index is 0.297. The second kappa shape index (κ2) is 8.12. The number of nitriles is 1. The molecule has 0 fully saturated rings. The number of carbonyl (C=O) groups is 1. The van der Waals surface area contributed by atoms with Gasteiger partial charge in [-0.1, -0.05) is 18.2 Å². The Morgan fingerprint density at radius 3 is 2.81 bits per heavy atom. The van der Waals surface area contributed by atoms with Gasteiger partial charge in [0.1, 0.15) is 6.33 Å². The summed E-state index contributed by atoms with van der Waals surface area (Å²) in [6, 6.07) is 15.1. The third-order valence-electron chi connectivity index (χ3n) is 4.96. The van der Waals surface area contributed by atoms with E-state index in [0.29, 0.717) is 28.9 Å². The summed E-state index contributed by atoms with van der Waals surface area (Å²) in [4.78, 5) is 20.9. The van der Waals surface area contributed by atoms with Crippen LogP contribution in [0.4, 0.5) is 5.69 Å². The molecule has 0 radical (unpaired) electrons. The fraction of sp³-hybridized carbons (Fsp3) is 0.0435. The maximum atomic E-state index is 12.8. The molecule has 2 N–H and O–H groups in total. The molecule has 5 aromatic rings. The first kappa shape index (κ1) is 19.1. The van der Waals surface area contributed by atoms with E-state index in [1.54, 1.807) is 35.5 Å². The number of nitrogens with zero attached hydrogens (tertiary/aromatic N) is 6. The molecule has 5 rings (SSSR count). The number of H-pyrrole nitrogens is 1. The number of hydrogen-bond donors (Lipinski definition) is 2. The lowest BCUT2D eigenvalue weighted by Crippen LogP contribution is -2.12. The zero-order valence-corrected chi connectivity index (χ0v) is 16.7. The summed E-state index contributed by atoms with van der Waals surface area (Å²) in [6.45, 7) is 0.489. The van der Waals surface area contributed by atoms with Crippen LogP contribution in [0.15, 0.2) is 73.6 Å². The van der Waals surface area contributed by atoms with E-state index in [9.17, 15) is 4.79 Å². The Labute approximate surface area is 182 Å². The van der Waals surface area contributed by atoms with Crippen LogP contribution in [-0.4, -0.2) is 35.9 Å². The highest BCUT2D eigenvalue weighted by Crippen LogP contribution is 2.24. The minimum Gasteiger partial charge on any atom is -0.318 e. The second-order valence-electron chi connectivity index (χ2n) is 7.15. The molecular weight excluding hydrogens is 404 g/mol. The lowest BCUT2D eigenvalue weighted by atomic mass is 10.1. The molecule has 0 atom stereocenters. The van der Waals surface area contributed by atoms with E-state index in [1.165, 1.54) is 6.33 Å². The molecule has 154 valence electrons. The standard InChI is InChI=1S/C23H16N8O/c24-8-15-2-1-3-16(6-15)12-31-13-19(11-27-31)28-23(32)22-20-5-4-17(7-21(20)29-30-22)18-9-25-14-26-10-18/h1-7,9-11,13-14H,12H2,(H,28,32)(H,29,30). The van der Waals surface area contributed by atoms with Crippen LogP contribution in [0.2, 0.25) is 0 Å². The van der Waals surface area contributed by atoms with Crippen LogP contribution in [-0.2, 0) is 6.54 Å². The summed E-state index contributed by atoms with van der Waals surface area (Å²) in [5.41, 5.74) is 4.94. The van der Waals surface area contributed by atoms with Crippen LogP contribution in [0.5, 0.6) is 0 Å². The average molecular weight is 420 g/mol. The van der Waals surface area contributed by atoms with Gasteiger partial charge in [-0.3, -0.25) is 14.6 Å². The van der Waals surface area contributed by atoms with Crippen LogP contribution in [0.3, 0.4) is 0 Å². The summed E-state index contributed by atoms with van der Waals surface area (Å²) >= 11 is 0. The number of fused-ring (bicyclic) bond motifs is 1. The third kappa shape index (κ3) is 3.80. The van der Waals surface area contributed by atoms with Crippen LogP contribution >= 0.6 is 0 Å². The maximum absolute atomic E-state index is 12.8. The Balaban J connectivity index is 1.32. The molecule has 0 bridgehead atoms. The van der Waals surface area contributed by atoms with Gasteiger partial charge in [0, 0.05) is 29.5 Å². The first-order valence-electron chi connectivity index (χ1n) is 9.76. The van der Waals surface area contributed by atoms with Gasteiger partial charge < -0.3 is 5.32 Å². The molecule has 0 aliphatic heterocycles. The van der Waals surface area contributed by atoms with Crippen molar-refractivity contribution in [3.63, 3.8) is 0 Å². The highest BCUT2D eigenvalue weighted by molar-refractivity contribution is 6.11. The molecule has 32 heavy (non-hydrogen) atoms. The minimum atomic E-state index is -0.335. The van der Waals surface area contributed by atoms with Crippen LogP contribution < -0.4 is 5.32 Å². The normalized spacial score (nSPS) is 10.7. The van der Waals surface area contributed by atoms with Gasteiger partial charge >= 0.3 is 0 Å². The van der Waals surface area contributed by atoms with E-state index in [2.05, 4.69) is 36.7 Å². The molecule has 3 heterocycles. The molecule has 0 unspecified atom stereocenters. The van der Waals surface area contributed by atoms with Crippen LogP contribution in [0.1, 0.15) is 21.6 Å². The van der Waals surface area contributed by atoms with Gasteiger partial charge in [-0.2, -0.15) is 15.5 Å². The third-order valence-corrected chi connectivity index (χ3v) is 4.96. The Morgan fingerprint density at radius 1 is 1.09 bits per heavy atom. The number of nitrogens with one attached hydrogen (secondary N) is 2. The topological polar surface area (TPSA) is 125 Å². The molecule has 0 spiro atoms. The Morgan fingerprint density at radius 2 is 1.97 bits per heavy atom. The number of aromatic amines is 1. The molecule has 0 saturated carbocycles. The molecule has 1 amide bonds. The Bertz CT molecular complexity index is 1460. The molecule has 9 nitrogen and oxygen atoms in total. The molecule has 0 aliphatic rings. The number of hydrogen-bond acceptors (Lipinski definition) is 6. The van der Waals surface area contributed by atoms with Gasteiger partial charge in [-0.25, -0.2) is 9.97 Å². The number of amides is 1. The fourth-order valence-corrected chi connectivity index (χ4v) is 3.45. The highest BCUT2D eigenvalue weighted by Gasteiger charge is 2.16. The Kier molecular flexibility index (Phi) is 4.86. The van der Waals surface area contributed by atoms with Crippen LogP contribution in [0, 0.1) is 11.3 Å². The number of carbonyl (C=O) groups excluding carboxylic acids is 1. The molecule has 3 aromatic heterocycles. The molecule has 0 saturated heterocycles. The average Bonchev–Trinajstić information content (AvgIpc) is 3.46. The van der Waals surface area contributed by atoms with Crippen molar-refractivity contribution in [2.75, 3.05) is 5.32 Å². The summed E-state index contributed by atoms with van der Waals surface area (Å²) < 4.78 is 1.70. The fourth-order valence-electron chi connectivity index (χ4n) is 3.45. The van der Waals surface area contributed by atoms with Crippen LogP contribution in [0.25, 0.3) is 22.0 Å². The van der Waals surface area contributed by atoms with Gasteiger partial charge in [0.25, 0.3) is 5.91 Å². The first-order valence-corrected chi connectivity index (χ1v) is 9.76. The van der Waals surface area contributed by atoms with Gasteiger partial charge in [0.2, 0.25) is 0 Å². The predicted molar refractivity (Wildman–Crippen MR) is 118 cm³/mol. The van der Waals surface area contributed by atoms with Crippen molar-refractivity contribution in [3.8, 4) is 17.2 Å². The van der Waals surface area contributed by atoms with E-state index in [0.717, 1.165) is 22.2 Å². The monoisotopic (exact) mass is 420 g/mol. The van der Waals surface area contributed by atoms with Crippen molar-refractivity contribution in [1.29, 1.82) is 5.26 Å². The summed E-state index contributed by atoms with van der Waals surface area (Å²) in [5, 5.41) is 24.0. The first-order chi connectivity index (χ1) is 15.7. The number of aromatic nitrogens is 6. The maximum Gasteiger partial charge on any atom is 0.276 e. The zero-order chi connectivity index (χ0) is 21.9. The number of benzene rings is 2. The van der Waals surface area contributed by atoms with Crippen molar-refractivity contribution < 1.29 is 4.79 Å². The Hall–Kier alpha value is -4.84. The van der Waals surface area contributed by atoms with Gasteiger partial charge in [-0.05, 0) is 35.4 Å².